The van der Waals surface area contributed by atoms with E-state index in [9.17, 15) is 9.59 Å². The highest BCUT2D eigenvalue weighted by molar-refractivity contribution is 7.98. The van der Waals surface area contributed by atoms with E-state index in [1.54, 1.807) is 34.5 Å². The van der Waals surface area contributed by atoms with Gasteiger partial charge in [-0.15, -0.1) is 0 Å². The van der Waals surface area contributed by atoms with Crippen LogP contribution in [0.1, 0.15) is 60.0 Å². The van der Waals surface area contributed by atoms with E-state index in [2.05, 4.69) is 24.4 Å². The van der Waals surface area contributed by atoms with Crippen LogP contribution in [0.3, 0.4) is 0 Å². The topological polar surface area (TPSA) is 73.2 Å². The molecular formula is C27H31N3O3S. The van der Waals surface area contributed by atoms with Crippen LogP contribution in [0.25, 0.3) is 10.9 Å². The smallest absolute Gasteiger partial charge is 0.262 e. The average Bonchev–Trinajstić information content (AvgIpc) is 3.55. The molecule has 34 heavy (non-hydrogen) atoms. The molecule has 3 aromatic rings. The summed E-state index contributed by atoms with van der Waals surface area (Å²) in [6, 6.07) is 13.8. The standard InChI is InChI=1S/C27H31N3O3S/c1-18-7-2-3-8-20(18)17-34-27-29-24-15-19(25(31)28-21-9-4-5-10-21)12-13-23(24)26(32)30(27)16-22-11-6-14-33-22/h2-3,7-8,12-13,15,21-22H,4-6,9-11,14,16-17H2,1H3,(H,28,31)/t22-/m0/s1. The molecule has 5 rings (SSSR count). The maximum absolute atomic E-state index is 13.5. The number of aromatic nitrogens is 2. The molecule has 178 valence electrons. The number of amides is 1. The minimum absolute atomic E-state index is 0.0335. The van der Waals surface area contributed by atoms with Crippen LogP contribution >= 0.6 is 11.8 Å². The Balaban J connectivity index is 1.48. The number of carbonyl (C=O) groups is 1. The maximum Gasteiger partial charge on any atom is 0.262 e. The lowest BCUT2D eigenvalue weighted by molar-refractivity contribution is 0.0935. The van der Waals surface area contributed by atoms with Crippen molar-refractivity contribution < 1.29 is 9.53 Å². The van der Waals surface area contributed by atoms with Gasteiger partial charge in [-0.3, -0.25) is 14.2 Å². The van der Waals surface area contributed by atoms with Gasteiger partial charge in [-0.1, -0.05) is 48.9 Å². The number of rotatable bonds is 7. The lowest BCUT2D eigenvalue weighted by atomic mass is 10.1. The molecule has 2 fully saturated rings. The number of ether oxygens (including phenoxy) is 1. The molecule has 1 aliphatic heterocycles. The first kappa shape index (κ1) is 23.1. The fraction of sp³-hybridized carbons (Fsp3) is 0.444. The van der Waals surface area contributed by atoms with E-state index >= 15 is 0 Å². The Kier molecular flexibility index (Phi) is 7.02. The van der Waals surface area contributed by atoms with E-state index in [0.29, 0.717) is 28.2 Å². The quantitative estimate of drug-likeness (QED) is 0.389. The van der Waals surface area contributed by atoms with Gasteiger partial charge in [0.15, 0.2) is 5.16 Å². The van der Waals surface area contributed by atoms with Crippen molar-refractivity contribution in [2.24, 2.45) is 0 Å². The van der Waals surface area contributed by atoms with Crippen LogP contribution in [0.2, 0.25) is 0 Å². The summed E-state index contributed by atoms with van der Waals surface area (Å²) >= 11 is 1.56. The minimum atomic E-state index is -0.0896. The third-order valence-corrected chi connectivity index (χ3v) is 7.93. The molecule has 1 amide bonds. The Bertz CT molecular complexity index is 1240. The van der Waals surface area contributed by atoms with Gasteiger partial charge in [-0.25, -0.2) is 4.98 Å². The Morgan fingerprint density at radius 1 is 1.15 bits per heavy atom. The molecule has 0 bridgehead atoms. The number of thioether (sulfide) groups is 1. The molecule has 1 aliphatic carbocycles. The number of nitrogens with one attached hydrogen (secondary N) is 1. The summed E-state index contributed by atoms with van der Waals surface area (Å²) in [5.74, 6) is 0.631. The molecule has 0 spiro atoms. The van der Waals surface area contributed by atoms with Gasteiger partial charge in [0.25, 0.3) is 11.5 Å². The molecule has 2 aliphatic rings. The van der Waals surface area contributed by atoms with Gasteiger partial charge < -0.3 is 10.1 Å². The van der Waals surface area contributed by atoms with Gasteiger partial charge in [0, 0.05) is 24.0 Å². The first-order chi connectivity index (χ1) is 16.6. The Hall–Kier alpha value is -2.64. The summed E-state index contributed by atoms with van der Waals surface area (Å²) in [4.78, 5) is 31.2. The van der Waals surface area contributed by atoms with E-state index in [-0.39, 0.29) is 23.6 Å². The van der Waals surface area contributed by atoms with Gasteiger partial charge in [-0.2, -0.15) is 0 Å². The molecule has 0 unspecified atom stereocenters. The van der Waals surface area contributed by atoms with Crippen molar-refractivity contribution in [2.75, 3.05) is 6.61 Å². The molecular weight excluding hydrogens is 446 g/mol. The van der Waals surface area contributed by atoms with Gasteiger partial charge in [0.1, 0.15) is 0 Å². The minimum Gasteiger partial charge on any atom is -0.376 e. The van der Waals surface area contributed by atoms with Crippen molar-refractivity contribution in [3.63, 3.8) is 0 Å². The predicted octanol–water partition coefficient (Wildman–Crippen LogP) is 4.85. The number of fused-ring (bicyclic) bond motifs is 1. The zero-order chi connectivity index (χ0) is 23.5. The summed E-state index contributed by atoms with van der Waals surface area (Å²) in [7, 11) is 0. The normalized spacial score (nSPS) is 18.6. The monoisotopic (exact) mass is 477 g/mol. The van der Waals surface area contributed by atoms with Crippen LogP contribution in [-0.4, -0.2) is 34.2 Å². The van der Waals surface area contributed by atoms with Gasteiger partial charge in [0.05, 0.1) is 23.6 Å². The fourth-order valence-electron chi connectivity index (χ4n) is 4.86. The summed E-state index contributed by atoms with van der Waals surface area (Å²) in [5, 5.41) is 4.34. The Morgan fingerprint density at radius 3 is 2.74 bits per heavy atom. The largest absolute Gasteiger partial charge is 0.376 e. The molecule has 1 aromatic heterocycles. The first-order valence-corrected chi connectivity index (χ1v) is 13.2. The fourth-order valence-corrected chi connectivity index (χ4v) is 5.94. The third-order valence-electron chi connectivity index (χ3n) is 6.90. The van der Waals surface area contributed by atoms with Crippen molar-refractivity contribution in [1.29, 1.82) is 0 Å². The molecule has 2 heterocycles. The second-order valence-corrected chi connectivity index (χ2v) is 10.3. The van der Waals surface area contributed by atoms with Crippen LogP contribution in [0.4, 0.5) is 0 Å². The molecule has 2 aromatic carbocycles. The molecule has 7 heteroatoms. The van der Waals surface area contributed by atoms with Crippen molar-refractivity contribution in [3.8, 4) is 0 Å². The molecule has 1 N–H and O–H groups in total. The van der Waals surface area contributed by atoms with Crippen molar-refractivity contribution >= 4 is 28.6 Å². The second kappa shape index (κ2) is 10.3. The number of benzene rings is 2. The van der Waals surface area contributed by atoms with Crippen LogP contribution in [0, 0.1) is 6.92 Å². The molecule has 0 radical (unpaired) electrons. The molecule has 1 saturated carbocycles. The van der Waals surface area contributed by atoms with Crippen LogP contribution in [-0.2, 0) is 17.0 Å². The number of aryl methyl sites for hydroxylation is 1. The van der Waals surface area contributed by atoms with Crippen LogP contribution in [0.5, 0.6) is 0 Å². The third kappa shape index (κ3) is 5.05. The molecule has 1 saturated heterocycles. The SMILES string of the molecule is Cc1ccccc1CSc1nc2cc(C(=O)NC3CCCC3)ccc2c(=O)n1C[C@@H]1CCCO1. The van der Waals surface area contributed by atoms with Gasteiger partial charge >= 0.3 is 0 Å². The Labute approximate surface area is 204 Å². The van der Waals surface area contributed by atoms with E-state index in [1.165, 1.54) is 11.1 Å². The predicted molar refractivity (Wildman–Crippen MR) is 135 cm³/mol. The lowest BCUT2D eigenvalue weighted by Gasteiger charge is -2.17. The molecule has 6 nitrogen and oxygen atoms in total. The number of hydrogen-bond donors (Lipinski definition) is 1. The highest BCUT2D eigenvalue weighted by Gasteiger charge is 2.22. The summed E-state index contributed by atoms with van der Waals surface area (Å²) < 4.78 is 7.59. The van der Waals surface area contributed by atoms with Crippen LogP contribution in [0.15, 0.2) is 52.4 Å². The number of hydrogen-bond acceptors (Lipinski definition) is 5. The van der Waals surface area contributed by atoms with Crippen molar-refractivity contribution in [2.45, 2.75) is 75.0 Å². The van der Waals surface area contributed by atoms with Gasteiger partial charge in [0.2, 0.25) is 0 Å². The second-order valence-electron chi connectivity index (χ2n) is 9.35. The van der Waals surface area contributed by atoms with Crippen molar-refractivity contribution in [3.05, 3.63) is 69.5 Å². The van der Waals surface area contributed by atoms with Crippen molar-refractivity contribution in [1.82, 2.24) is 14.9 Å². The number of carbonyl (C=O) groups excluding carboxylic acids is 1. The first-order valence-electron chi connectivity index (χ1n) is 12.2. The van der Waals surface area contributed by atoms with E-state index in [0.717, 1.165) is 50.9 Å². The highest BCUT2D eigenvalue weighted by atomic mass is 32.2. The zero-order valence-electron chi connectivity index (χ0n) is 19.6. The molecule has 1 atom stereocenters. The van der Waals surface area contributed by atoms with E-state index in [4.69, 9.17) is 9.72 Å². The van der Waals surface area contributed by atoms with E-state index < -0.39 is 0 Å². The maximum atomic E-state index is 13.5. The lowest BCUT2D eigenvalue weighted by Crippen LogP contribution is -2.32. The summed E-state index contributed by atoms with van der Waals surface area (Å²) in [6.45, 7) is 3.34. The highest BCUT2D eigenvalue weighted by Crippen LogP contribution is 2.26. The zero-order valence-corrected chi connectivity index (χ0v) is 20.4. The average molecular weight is 478 g/mol. The van der Waals surface area contributed by atoms with E-state index in [1.807, 2.05) is 12.1 Å². The summed E-state index contributed by atoms with van der Waals surface area (Å²) in [6.07, 6.45) is 6.40. The summed E-state index contributed by atoms with van der Waals surface area (Å²) in [5.41, 5.74) is 3.48. The number of nitrogens with zero attached hydrogens (tertiary/aromatic N) is 2. The van der Waals surface area contributed by atoms with Gasteiger partial charge in [-0.05, 0) is 61.9 Å². The van der Waals surface area contributed by atoms with Crippen LogP contribution < -0.4 is 10.9 Å². The Morgan fingerprint density at radius 2 is 1.97 bits per heavy atom.